The molecule has 1 rings (SSSR count). The maximum atomic E-state index is 8.40. The third-order valence-electron chi connectivity index (χ3n) is 1.31. The fraction of sp³-hybridized carbons (Fsp3) is 0.125. The number of allylic oxidation sites excluding steroid dienone is 1. The Balaban J connectivity index is 2.68. The minimum atomic E-state index is 0.0191. The van der Waals surface area contributed by atoms with Crippen molar-refractivity contribution in [3.63, 3.8) is 0 Å². The van der Waals surface area contributed by atoms with E-state index in [2.05, 4.69) is 10.3 Å². The molecule has 5 heteroatoms. The molecule has 0 saturated carbocycles. The molecule has 0 spiro atoms. The third-order valence-corrected chi connectivity index (χ3v) is 1.31. The van der Waals surface area contributed by atoms with Crippen molar-refractivity contribution < 1.29 is 0 Å². The molecule has 0 amide bonds. The largest absolute Gasteiger partial charge is 0.343 e. The van der Waals surface area contributed by atoms with Gasteiger partial charge in [0, 0.05) is 19.4 Å². The monoisotopic (exact) mass is 173 g/mol. The predicted molar refractivity (Wildman–Crippen MR) is 46.1 cm³/mol. The van der Waals surface area contributed by atoms with Crippen LogP contribution in [0.3, 0.4) is 0 Å². The predicted octanol–water partition coefficient (Wildman–Crippen LogP) is 0.763. The first kappa shape index (κ1) is 8.82. The first-order valence-electron chi connectivity index (χ1n) is 3.51. The summed E-state index contributed by atoms with van der Waals surface area (Å²) in [6.07, 6.45) is 4.68. The van der Waals surface area contributed by atoms with E-state index in [1.165, 1.54) is 6.20 Å². The molecular weight excluding hydrogens is 166 g/mol. The van der Waals surface area contributed by atoms with Crippen molar-refractivity contribution in [2.24, 2.45) is 7.05 Å². The molecule has 1 aromatic rings. The molecular formula is C8H7N5. The standard InChI is InChI=1S/C8H7N5/c1-13-5-8(12-6-13)11-4-7(2-9)3-10/h4-6,11H,1H3. The second-order valence-electron chi connectivity index (χ2n) is 2.35. The smallest absolute Gasteiger partial charge is 0.148 e. The summed E-state index contributed by atoms with van der Waals surface area (Å²) in [5.41, 5.74) is 0.0191. The summed E-state index contributed by atoms with van der Waals surface area (Å²) in [6.45, 7) is 0. The lowest BCUT2D eigenvalue weighted by Crippen LogP contribution is -1.89. The number of nitrogens with one attached hydrogen (secondary N) is 1. The lowest BCUT2D eigenvalue weighted by atomic mass is 10.4. The van der Waals surface area contributed by atoms with Crippen molar-refractivity contribution in [3.8, 4) is 12.1 Å². The Bertz CT molecular complexity index is 385. The number of anilines is 1. The van der Waals surface area contributed by atoms with Crippen LogP contribution in [0.5, 0.6) is 0 Å². The summed E-state index contributed by atoms with van der Waals surface area (Å²) in [4.78, 5) is 3.94. The van der Waals surface area contributed by atoms with Gasteiger partial charge in [-0.2, -0.15) is 10.5 Å². The Hall–Kier alpha value is -2.27. The Morgan fingerprint density at radius 2 is 2.31 bits per heavy atom. The molecule has 0 aliphatic heterocycles. The highest BCUT2D eigenvalue weighted by atomic mass is 15.1. The Labute approximate surface area is 75.5 Å². The van der Waals surface area contributed by atoms with Gasteiger partial charge in [-0.1, -0.05) is 0 Å². The van der Waals surface area contributed by atoms with E-state index in [1.807, 2.05) is 7.05 Å². The highest BCUT2D eigenvalue weighted by Gasteiger charge is 1.94. The van der Waals surface area contributed by atoms with Gasteiger partial charge < -0.3 is 9.88 Å². The van der Waals surface area contributed by atoms with Crippen LogP contribution in [0.25, 0.3) is 0 Å². The lowest BCUT2D eigenvalue weighted by molar-refractivity contribution is 0.913. The van der Waals surface area contributed by atoms with Gasteiger partial charge in [0.05, 0.1) is 6.33 Å². The summed E-state index contributed by atoms with van der Waals surface area (Å²) in [5.74, 6) is 0.602. The quantitative estimate of drug-likeness (QED) is 0.670. The molecule has 13 heavy (non-hydrogen) atoms. The van der Waals surface area contributed by atoms with Gasteiger partial charge in [-0.25, -0.2) is 4.98 Å². The van der Waals surface area contributed by atoms with E-state index < -0.39 is 0 Å². The Kier molecular flexibility index (Phi) is 2.67. The minimum absolute atomic E-state index is 0.0191. The molecule has 1 N–H and O–H groups in total. The van der Waals surface area contributed by atoms with Crippen LogP contribution in [-0.2, 0) is 7.05 Å². The first-order chi connectivity index (χ1) is 6.26. The molecule has 0 atom stereocenters. The fourth-order valence-corrected chi connectivity index (χ4v) is 0.723. The fourth-order valence-electron chi connectivity index (χ4n) is 0.723. The van der Waals surface area contributed by atoms with Gasteiger partial charge in [0.15, 0.2) is 0 Å². The number of rotatable bonds is 2. The summed E-state index contributed by atoms with van der Waals surface area (Å²) < 4.78 is 1.76. The molecule has 0 fully saturated rings. The van der Waals surface area contributed by atoms with E-state index in [0.29, 0.717) is 5.82 Å². The molecule has 1 heterocycles. The summed E-state index contributed by atoms with van der Waals surface area (Å²) in [5, 5.41) is 19.5. The van der Waals surface area contributed by atoms with Crippen molar-refractivity contribution in [1.29, 1.82) is 10.5 Å². The van der Waals surface area contributed by atoms with Gasteiger partial charge in [0.25, 0.3) is 0 Å². The van der Waals surface area contributed by atoms with Crippen LogP contribution in [0.2, 0.25) is 0 Å². The second kappa shape index (κ2) is 3.93. The average molecular weight is 173 g/mol. The number of nitrogens with zero attached hydrogens (tertiary/aromatic N) is 4. The molecule has 64 valence electrons. The van der Waals surface area contributed by atoms with Crippen LogP contribution in [0.1, 0.15) is 0 Å². The van der Waals surface area contributed by atoms with Crippen LogP contribution >= 0.6 is 0 Å². The van der Waals surface area contributed by atoms with Gasteiger partial charge in [-0.3, -0.25) is 0 Å². The number of aryl methyl sites for hydroxylation is 1. The molecule has 0 aliphatic carbocycles. The first-order valence-corrected chi connectivity index (χ1v) is 3.51. The molecule has 0 aromatic carbocycles. The molecule has 5 nitrogen and oxygen atoms in total. The number of hydrogen-bond donors (Lipinski definition) is 1. The highest BCUT2D eigenvalue weighted by Crippen LogP contribution is 2.01. The van der Waals surface area contributed by atoms with Gasteiger partial charge in [-0.05, 0) is 0 Å². The number of imidazole rings is 1. The zero-order valence-corrected chi connectivity index (χ0v) is 7.02. The van der Waals surface area contributed by atoms with Crippen molar-refractivity contribution in [1.82, 2.24) is 9.55 Å². The second-order valence-corrected chi connectivity index (χ2v) is 2.35. The third kappa shape index (κ3) is 2.35. The Morgan fingerprint density at radius 3 is 2.77 bits per heavy atom. The van der Waals surface area contributed by atoms with Crippen LogP contribution < -0.4 is 5.32 Å². The van der Waals surface area contributed by atoms with E-state index in [1.54, 1.807) is 29.2 Å². The number of hydrogen-bond acceptors (Lipinski definition) is 4. The average Bonchev–Trinajstić information content (AvgIpc) is 2.53. The molecule has 0 bridgehead atoms. The molecule has 0 saturated heterocycles. The SMILES string of the molecule is Cn1cnc(NC=C(C#N)C#N)c1. The van der Waals surface area contributed by atoms with Crippen LogP contribution in [-0.4, -0.2) is 9.55 Å². The van der Waals surface area contributed by atoms with Crippen molar-refractivity contribution >= 4 is 5.82 Å². The van der Waals surface area contributed by atoms with Gasteiger partial charge >= 0.3 is 0 Å². The number of nitriles is 2. The Morgan fingerprint density at radius 1 is 1.62 bits per heavy atom. The summed E-state index contributed by atoms with van der Waals surface area (Å²) in [6, 6.07) is 3.46. The zero-order valence-electron chi connectivity index (χ0n) is 7.02. The maximum Gasteiger partial charge on any atom is 0.148 e. The molecule has 0 aliphatic rings. The van der Waals surface area contributed by atoms with E-state index in [4.69, 9.17) is 10.5 Å². The van der Waals surface area contributed by atoms with E-state index in [0.717, 1.165) is 0 Å². The van der Waals surface area contributed by atoms with Crippen molar-refractivity contribution in [3.05, 3.63) is 24.3 Å². The van der Waals surface area contributed by atoms with Gasteiger partial charge in [0.2, 0.25) is 0 Å². The molecule has 0 unspecified atom stereocenters. The van der Waals surface area contributed by atoms with Crippen molar-refractivity contribution in [2.75, 3.05) is 5.32 Å². The minimum Gasteiger partial charge on any atom is -0.343 e. The lowest BCUT2D eigenvalue weighted by Gasteiger charge is -1.91. The van der Waals surface area contributed by atoms with Crippen molar-refractivity contribution in [2.45, 2.75) is 0 Å². The van der Waals surface area contributed by atoms with Gasteiger partial charge in [-0.15, -0.1) is 0 Å². The number of aromatic nitrogens is 2. The molecule has 0 radical (unpaired) electrons. The van der Waals surface area contributed by atoms with Crippen LogP contribution in [0, 0.1) is 22.7 Å². The van der Waals surface area contributed by atoms with E-state index >= 15 is 0 Å². The summed E-state index contributed by atoms with van der Waals surface area (Å²) >= 11 is 0. The zero-order chi connectivity index (χ0) is 9.68. The van der Waals surface area contributed by atoms with Crippen LogP contribution in [0.15, 0.2) is 24.3 Å². The maximum absolute atomic E-state index is 8.40. The normalized spacial score (nSPS) is 8.23. The molecule has 1 aromatic heterocycles. The summed E-state index contributed by atoms with van der Waals surface area (Å²) in [7, 11) is 1.83. The highest BCUT2D eigenvalue weighted by molar-refractivity contribution is 5.43. The van der Waals surface area contributed by atoms with E-state index in [9.17, 15) is 0 Å². The topological polar surface area (TPSA) is 77.4 Å². The van der Waals surface area contributed by atoms with E-state index in [-0.39, 0.29) is 5.57 Å². The van der Waals surface area contributed by atoms with Crippen LogP contribution in [0.4, 0.5) is 5.82 Å². The van der Waals surface area contributed by atoms with Gasteiger partial charge in [0.1, 0.15) is 23.5 Å².